The highest BCUT2D eigenvalue weighted by Gasteiger charge is 2.11. The summed E-state index contributed by atoms with van der Waals surface area (Å²) in [5, 5.41) is 0. The predicted molar refractivity (Wildman–Crippen MR) is 73.8 cm³/mol. The van der Waals surface area contributed by atoms with Crippen molar-refractivity contribution in [2.24, 2.45) is 0 Å². The molecular formula is C17H17. The van der Waals surface area contributed by atoms with Crippen molar-refractivity contribution in [1.82, 2.24) is 0 Å². The minimum atomic E-state index is 0.426. The number of hydrogen-bond donors (Lipinski definition) is 0. The van der Waals surface area contributed by atoms with Crippen LogP contribution in [0.2, 0.25) is 0 Å². The van der Waals surface area contributed by atoms with Gasteiger partial charge in [-0.1, -0.05) is 72.8 Å². The second kappa shape index (κ2) is 6.05. The Labute approximate surface area is 104 Å². The van der Waals surface area contributed by atoms with Crippen LogP contribution in [0.3, 0.4) is 0 Å². The van der Waals surface area contributed by atoms with E-state index in [1.807, 2.05) is 6.08 Å². The third-order valence-electron chi connectivity index (χ3n) is 2.94. The summed E-state index contributed by atoms with van der Waals surface area (Å²) in [6.45, 7) is 3.76. The molecule has 0 saturated heterocycles. The molecule has 1 radical (unpaired) electrons. The smallest absolute Gasteiger partial charge is 0.0124 e. The van der Waals surface area contributed by atoms with Gasteiger partial charge in [0.05, 0.1) is 0 Å². The van der Waals surface area contributed by atoms with Gasteiger partial charge in [0, 0.05) is 5.92 Å². The fraction of sp³-hybridized carbons (Fsp3) is 0.118. The fourth-order valence-corrected chi connectivity index (χ4v) is 2.07. The first-order valence-electron chi connectivity index (χ1n) is 5.96. The van der Waals surface area contributed by atoms with Crippen molar-refractivity contribution in [2.45, 2.75) is 12.3 Å². The summed E-state index contributed by atoms with van der Waals surface area (Å²) >= 11 is 0. The molecule has 0 aliphatic carbocycles. The van der Waals surface area contributed by atoms with E-state index in [1.54, 1.807) is 0 Å². The normalized spacial score (nSPS) is 11.2. The molecule has 0 amide bonds. The van der Waals surface area contributed by atoms with E-state index >= 15 is 0 Å². The molecule has 85 valence electrons. The minimum Gasteiger partial charge on any atom is -0.0882 e. The molecule has 0 atom stereocenters. The topological polar surface area (TPSA) is 0 Å². The van der Waals surface area contributed by atoms with E-state index in [0.717, 1.165) is 6.42 Å². The second-order valence-corrected chi connectivity index (χ2v) is 4.08. The van der Waals surface area contributed by atoms with Gasteiger partial charge in [-0.25, -0.2) is 0 Å². The van der Waals surface area contributed by atoms with Gasteiger partial charge in [-0.3, -0.25) is 0 Å². The highest BCUT2D eigenvalue weighted by atomic mass is 14.1. The zero-order valence-electron chi connectivity index (χ0n) is 9.92. The summed E-state index contributed by atoms with van der Waals surface area (Å²) in [7, 11) is 0. The molecule has 0 N–H and O–H groups in total. The molecule has 0 nitrogen and oxygen atoms in total. The molecular weight excluding hydrogens is 204 g/mol. The lowest BCUT2D eigenvalue weighted by molar-refractivity contribution is 0.829. The van der Waals surface area contributed by atoms with E-state index in [9.17, 15) is 0 Å². The molecule has 0 aliphatic rings. The Kier molecular flexibility index (Phi) is 4.15. The highest BCUT2D eigenvalue weighted by Crippen LogP contribution is 2.27. The van der Waals surface area contributed by atoms with Crippen molar-refractivity contribution in [1.29, 1.82) is 0 Å². The van der Waals surface area contributed by atoms with Crippen molar-refractivity contribution in [3.05, 3.63) is 90.9 Å². The van der Waals surface area contributed by atoms with Crippen molar-refractivity contribution in [2.75, 3.05) is 0 Å². The van der Waals surface area contributed by atoms with Gasteiger partial charge in [0.2, 0.25) is 0 Å². The summed E-state index contributed by atoms with van der Waals surface area (Å²) < 4.78 is 0. The number of rotatable bonds is 4. The van der Waals surface area contributed by atoms with Crippen molar-refractivity contribution >= 4 is 0 Å². The van der Waals surface area contributed by atoms with Crippen LogP contribution in [0.1, 0.15) is 23.5 Å². The molecule has 17 heavy (non-hydrogen) atoms. The largest absolute Gasteiger partial charge is 0.0882 e. The van der Waals surface area contributed by atoms with Crippen LogP contribution in [-0.4, -0.2) is 0 Å². The first kappa shape index (κ1) is 11.7. The van der Waals surface area contributed by atoms with Gasteiger partial charge in [-0.05, 0) is 24.5 Å². The summed E-state index contributed by atoms with van der Waals surface area (Å²) in [5.41, 5.74) is 2.72. The molecule has 0 bridgehead atoms. The maximum absolute atomic E-state index is 3.76. The average Bonchev–Trinajstić information content (AvgIpc) is 2.42. The van der Waals surface area contributed by atoms with Gasteiger partial charge in [-0.15, -0.1) is 0 Å². The Bertz CT molecular complexity index is 414. The molecule has 2 aromatic rings. The van der Waals surface area contributed by atoms with E-state index in [-0.39, 0.29) is 0 Å². The molecule has 2 aromatic carbocycles. The van der Waals surface area contributed by atoms with Gasteiger partial charge in [0.25, 0.3) is 0 Å². The number of allylic oxidation sites excluding steroid dienone is 2. The summed E-state index contributed by atoms with van der Waals surface area (Å²) in [6.07, 6.45) is 5.00. The Morgan fingerprint density at radius 2 is 1.29 bits per heavy atom. The Morgan fingerprint density at radius 1 is 0.824 bits per heavy atom. The van der Waals surface area contributed by atoms with E-state index < -0.39 is 0 Å². The van der Waals surface area contributed by atoms with Crippen molar-refractivity contribution in [3.63, 3.8) is 0 Å². The summed E-state index contributed by atoms with van der Waals surface area (Å²) in [5.74, 6) is 0.426. The standard InChI is InChI=1S/C17H17/c1-2-3-14-17(15-10-6-4-7-11-15)16-12-8-5-9-13-16/h2-13,17H,1,14H2. The van der Waals surface area contributed by atoms with Gasteiger partial charge >= 0.3 is 0 Å². The van der Waals surface area contributed by atoms with E-state index in [0.29, 0.717) is 5.92 Å². The third-order valence-corrected chi connectivity index (χ3v) is 2.94. The molecule has 0 unspecified atom stereocenters. The van der Waals surface area contributed by atoms with E-state index in [1.165, 1.54) is 11.1 Å². The zero-order valence-corrected chi connectivity index (χ0v) is 9.92. The van der Waals surface area contributed by atoms with Crippen LogP contribution >= 0.6 is 0 Å². The summed E-state index contributed by atoms with van der Waals surface area (Å²) in [4.78, 5) is 0. The van der Waals surface area contributed by atoms with Crippen molar-refractivity contribution < 1.29 is 0 Å². The molecule has 2 rings (SSSR count). The molecule has 0 heterocycles. The zero-order chi connectivity index (χ0) is 11.9. The molecule has 0 aliphatic heterocycles. The number of benzene rings is 2. The van der Waals surface area contributed by atoms with E-state index in [4.69, 9.17) is 0 Å². The highest BCUT2D eigenvalue weighted by molar-refractivity contribution is 5.33. The molecule has 0 aromatic heterocycles. The first-order chi connectivity index (χ1) is 8.42. The van der Waals surface area contributed by atoms with Gasteiger partial charge in [-0.2, -0.15) is 0 Å². The monoisotopic (exact) mass is 221 g/mol. The van der Waals surface area contributed by atoms with Crippen LogP contribution in [0.25, 0.3) is 0 Å². The first-order valence-corrected chi connectivity index (χ1v) is 5.96. The van der Waals surface area contributed by atoms with Crippen LogP contribution in [0.4, 0.5) is 0 Å². The lowest BCUT2D eigenvalue weighted by Gasteiger charge is -2.16. The van der Waals surface area contributed by atoms with Crippen molar-refractivity contribution in [3.8, 4) is 0 Å². The van der Waals surface area contributed by atoms with Crippen LogP contribution in [0.15, 0.2) is 72.8 Å². The van der Waals surface area contributed by atoms with Crippen LogP contribution in [0.5, 0.6) is 0 Å². The lowest BCUT2D eigenvalue weighted by atomic mass is 9.88. The maximum Gasteiger partial charge on any atom is 0.0124 e. The third kappa shape index (κ3) is 3.07. The number of hydrogen-bond acceptors (Lipinski definition) is 0. The second-order valence-electron chi connectivity index (χ2n) is 4.08. The van der Waals surface area contributed by atoms with Gasteiger partial charge in [0.1, 0.15) is 0 Å². The van der Waals surface area contributed by atoms with Gasteiger partial charge < -0.3 is 0 Å². The van der Waals surface area contributed by atoms with E-state index in [2.05, 4.69) is 73.7 Å². The molecule has 0 saturated carbocycles. The fourth-order valence-electron chi connectivity index (χ4n) is 2.07. The lowest BCUT2D eigenvalue weighted by Crippen LogP contribution is -1.99. The minimum absolute atomic E-state index is 0.426. The predicted octanol–water partition coefficient (Wildman–Crippen LogP) is 4.60. The average molecular weight is 221 g/mol. The quantitative estimate of drug-likeness (QED) is 0.708. The molecule has 0 spiro atoms. The SMILES string of the molecule is [CH2]C=CCC(c1ccccc1)c1ccccc1. The maximum atomic E-state index is 3.76. The van der Waals surface area contributed by atoms with Crippen LogP contribution in [-0.2, 0) is 0 Å². The molecule has 0 fully saturated rings. The summed E-state index contributed by atoms with van der Waals surface area (Å²) in [6, 6.07) is 21.3. The Morgan fingerprint density at radius 3 is 1.71 bits per heavy atom. The Balaban J connectivity index is 2.32. The van der Waals surface area contributed by atoms with Crippen LogP contribution < -0.4 is 0 Å². The van der Waals surface area contributed by atoms with Gasteiger partial charge in [0.15, 0.2) is 0 Å². The Hall–Kier alpha value is -1.82. The molecule has 0 heteroatoms. The van der Waals surface area contributed by atoms with Crippen LogP contribution in [0, 0.1) is 6.92 Å².